The molecule has 6 heteroatoms. The molecule has 1 atom stereocenters. The van der Waals surface area contributed by atoms with E-state index < -0.39 is 6.61 Å². The molecule has 0 saturated carbocycles. The topological polar surface area (TPSA) is 50.4 Å². The minimum absolute atomic E-state index is 0.0364. The Morgan fingerprint density at radius 1 is 1.37 bits per heavy atom. The fraction of sp³-hybridized carbons (Fsp3) is 0.462. The summed E-state index contributed by atoms with van der Waals surface area (Å²) in [6.07, 6.45) is 1.85. The van der Waals surface area contributed by atoms with Crippen molar-refractivity contribution in [3.63, 3.8) is 0 Å². The molecule has 1 fully saturated rings. The highest BCUT2D eigenvalue weighted by Crippen LogP contribution is 2.19. The molecule has 2 N–H and O–H groups in total. The first kappa shape index (κ1) is 13.7. The molecular formula is C13H16F2N2O2. The van der Waals surface area contributed by atoms with Gasteiger partial charge in [0.15, 0.2) is 0 Å². The predicted molar refractivity (Wildman–Crippen MR) is 67.3 cm³/mol. The Labute approximate surface area is 110 Å². The first-order valence-electron chi connectivity index (χ1n) is 6.21. The molecule has 0 bridgehead atoms. The largest absolute Gasteiger partial charge is 0.435 e. The van der Waals surface area contributed by atoms with Crippen LogP contribution in [-0.2, 0) is 4.79 Å². The molecule has 1 aliphatic rings. The summed E-state index contributed by atoms with van der Waals surface area (Å²) in [4.78, 5) is 11.9. The zero-order valence-electron chi connectivity index (χ0n) is 10.4. The van der Waals surface area contributed by atoms with E-state index in [0.29, 0.717) is 12.2 Å². The van der Waals surface area contributed by atoms with Crippen LogP contribution in [0.1, 0.15) is 12.8 Å². The number of alkyl halides is 2. The van der Waals surface area contributed by atoms with Gasteiger partial charge in [-0.1, -0.05) is 0 Å². The Kier molecular flexibility index (Phi) is 4.68. The molecule has 0 spiro atoms. The number of carbonyl (C=O) groups excluding carboxylic acids is 1. The lowest BCUT2D eigenvalue weighted by Crippen LogP contribution is -2.37. The fourth-order valence-electron chi connectivity index (χ4n) is 2.04. The van der Waals surface area contributed by atoms with Gasteiger partial charge in [-0.25, -0.2) is 0 Å². The smallest absolute Gasteiger partial charge is 0.387 e. The molecule has 1 aliphatic heterocycles. The van der Waals surface area contributed by atoms with Crippen molar-refractivity contribution in [1.82, 2.24) is 5.32 Å². The Morgan fingerprint density at radius 3 is 2.68 bits per heavy atom. The van der Waals surface area contributed by atoms with Crippen LogP contribution in [0.3, 0.4) is 0 Å². The second-order valence-corrected chi connectivity index (χ2v) is 4.44. The first-order valence-corrected chi connectivity index (χ1v) is 6.21. The number of halogens is 2. The summed E-state index contributed by atoms with van der Waals surface area (Å²) in [5.74, 6) is -0.00667. The van der Waals surface area contributed by atoms with E-state index in [1.807, 2.05) is 0 Å². The van der Waals surface area contributed by atoms with Crippen LogP contribution < -0.4 is 15.4 Å². The Morgan fingerprint density at radius 2 is 2.11 bits per heavy atom. The summed E-state index contributed by atoms with van der Waals surface area (Å²) in [5, 5.41) is 5.94. The second kappa shape index (κ2) is 6.47. The van der Waals surface area contributed by atoms with E-state index in [9.17, 15) is 13.6 Å². The number of carbonyl (C=O) groups is 1. The number of ether oxygens (including phenoxy) is 1. The maximum Gasteiger partial charge on any atom is 0.387 e. The van der Waals surface area contributed by atoms with Gasteiger partial charge in [0.2, 0.25) is 5.91 Å². The lowest BCUT2D eigenvalue weighted by atomic mass is 9.99. The summed E-state index contributed by atoms with van der Waals surface area (Å²) in [6, 6.07) is 5.90. The monoisotopic (exact) mass is 270 g/mol. The van der Waals surface area contributed by atoms with Gasteiger partial charge in [0.25, 0.3) is 0 Å². The second-order valence-electron chi connectivity index (χ2n) is 4.44. The number of anilines is 1. The third kappa shape index (κ3) is 4.17. The molecule has 0 unspecified atom stereocenters. The van der Waals surface area contributed by atoms with Gasteiger partial charge in [-0.15, -0.1) is 0 Å². The van der Waals surface area contributed by atoms with Crippen molar-refractivity contribution in [2.45, 2.75) is 19.5 Å². The lowest BCUT2D eigenvalue weighted by Gasteiger charge is -2.21. The maximum absolute atomic E-state index is 12.0. The zero-order chi connectivity index (χ0) is 13.7. The van der Waals surface area contributed by atoms with Crippen LogP contribution in [0.5, 0.6) is 5.75 Å². The summed E-state index contributed by atoms with van der Waals surface area (Å²) in [5.41, 5.74) is 0.581. The van der Waals surface area contributed by atoms with Gasteiger partial charge < -0.3 is 15.4 Å². The summed E-state index contributed by atoms with van der Waals surface area (Å²) < 4.78 is 28.2. The normalized spacial score (nSPS) is 19.2. The number of amides is 1. The van der Waals surface area contributed by atoms with Gasteiger partial charge in [-0.05, 0) is 43.7 Å². The molecule has 0 aromatic heterocycles. The summed E-state index contributed by atoms with van der Waals surface area (Å²) in [6.45, 7) is -1.21. The molecule has 1 aromatic rings. The molecule has 1 heterocycles. The highest BCUT2D eigenvalue weighted by molar-refractivity contribution is 5.92. The first-order chi connectivity index (χ1) is 9.15. The van der Waals surface area contributed by atoms with E-state index in [4.69, 9.17) is 0 Å². The van der Waals surface area contributed by atoms with E-state index in [2.05, 4.69) is 15.4 Å². The van der Waals surface area contributed by atoms with E-state index in [1.165, 1.54) is 12.1 Å². The predicted octanol–water partition coefficient (Wildman–Crippen LogP) is 2.23. The standard InChI is InChI=1S/C13H16F2N2O2/c14-13(15)19-11-5-3-10(4-6-11)17-12(18)9-2-1-7-16-8-9/h3-6,9,13,16H,1-2,7-8H2,(H,17,18)/t9-/m0/s1. The number of hydrogen-bond acceptors (Lipinski definition) is 3. The van der Waals surface area contributed by atoms with Crippen molar-refractivity contribution < 1.29 is 18.3 Å². The number of piperidine rings is 1. The van der Waals surface area contributed by atoms with Crippen LogP contribution in [0.25, 0.3) is 0 Å². The van der Waals surface area contributed by atoms with Crippen molar-refractivity contribution in [3.05, 3.63) is 24.3 Å². The van der Waals surface area contributed by atoms with Crippen LogP contribution in [0, 0.1) is 5.92 Å². The van der Waals surface area contributed by atoms with Gasteiger partial charge >= 0.3 is 6.61 Å². The molecule has 2 rings (SSSR count). The summed E-state index contributed by atoms with van der Waals surface area (Å²) in [7, 11) is 0. The minimum Gasteiger partial charge on any atom is -0.435 e. The van der Waals surface area contributed by atoms with Crippen molar-refractivity contribution in [2.24, 2.45) is 5.92 Å². The molecule has 19 heavy (non-hydrogen) atoms. The third-order valence-electron chi connectivity index (χ3n) is 3.01. The molecule has 104 valence electrons. The Balaban J connectivity index is 1.89. The molecule has 0 radical (unpaired) electrons. The van der Waals surface area contributed by atoms with Crippen LogP contribution in [0.15, 0.2) is 24.3 Å². The molecule has 1 saturated heterocycles. The molecule has 0 aliphatic carbocycles. The third-order valence-corrected chi connectivity index (χ3v) is 3.01. The van der Waals surface area contributed by atoms with E-state index in [1.54, 1.807) is 12.1 Å². The van der Waals surface area contributed by atoms with Gasteiger partial charge in [-0.3, -0.25) is 4.79 Å². The SMILES string of the molecule is O=C(Nc1ccc(OC(F)F)cc1)[C@H]1CCCNC1. The van der Waals surface area contributed by atoms with Crippen molar-refractivity contribution in [2.75, 3.05) is 18.4 Å². The van der Waals surface area contributed by atoms with Gasteiger partial charge in [0.1, 0.15) is 5.75 Å². The highest BCUT2D eigenvalue weighted by Gasteiger charge is 2.20. The zero-order valence-corrected chi connectivity index (χ0v) is 10.4. The molecular weight excluding hydrogens is 254 g/mol. The number of rotatable bonds is 4. The Bertz CT molecular complexity index is 417. The van der Waals surface area contributed by atoms with E-state index in [-0.39, 0.29) is 17.6 Å². The van der Waals surface area contributed by atoms with Crippen molar-refractivity contribution in [1.29, 1.82) is 0 Å². The van der Waals surface area contributed by atoms with E-state index in [0.717, 1.165) is 19.4 Å². The minimum atomic E-state index is -2.84. The van der Waals surface area contributed by atoms with E-state index >= 15 is 0 Å². The number of nitrogens with one attached hydrogen (secondary N) is 2. The highest BCUT2D eigenvalue weighted by atomic mass is 19.3. The average Bonchev–Trinajstić information content (AvgIpc) is 2.41. The van der Waals surface area contributed by atoms with Crippen LogP contribution >= 0.6 is 0 Å². The lowest BCUT2D eigenvalue weighted by molar-refractivity contribution is -0.120. The van der Waals surface area contributed by atoms with Gasteiger partial charge in [0.05, 0.1) is 5.92 Å². The van der Waals surface area contributed by atoms with Crippen molar-refractivity contribution in [3.8, 4) is 5.75 Å². The number of benzene rings is 1. The van der Waals surface area contributed by atoms with Crippen LogP contribution in [-0.4, -0.2) is 25.6 Å². The fourth-order valence-corrected chi connectivity index (χ4v) is 2.04. The summed E-state index contributed by atoms with van der Waals surface area (Å²) >= 11 is 0. The molecule has 1 amide bonds. The van der Waals surface area contributed by atoms with Crippen LogP contribution in [0.2, 0.25) is 0 Å². The maximum atomic E-state index is 12.0. The molecule has 1 aromatic carbocycles. The van der Waals surface area contributed by atoms with Crippen molar-refractivity contribution >= 4 is 11.6 Å². The average molecular weight is 270 g/mol. The van der Waals surface area contributed by atoms with Gasteiger partial charge in [-0.2, -0.15) is 8.78 Å². The Hall–Kier alpha value is -1.69. The van der Waals surface area contributed by atoms with Gasteiger partial charge in [0, 0.05) is 12.2 Å². The molecule has 4 nitrogen and oxygen atoms in total. The number of hydrogen-bond donors (Lipinski definition) is 2. The quantitative estimate of drug-likeness (QED) is 0.882. The van der Waals surface area contributed by atoms with Crippen LogP contribution in [0.4, 0.5) is 14.5 Å².